The maximum Gasteiger partial charge on any atom is 0.306 e. The van der Waals surface area contributed by atoms with Gasteiger partial charge < -0.3 is 8.92 Å². The SMILES string of the molecule is C=CCc1cc(-c2ccc(OC)cc2CCC)ccc1OS(C)(=O)=O. The molecular formula is C20H24O4S. The van der Waals surface area contributed by atoms with Crippen LogP contribution in [-0.2, 0) is 23.0 Å². The molecule has 0 aliphatic heterocycles. The Kier molecular flexibility index (Phi) is 6.26. The standard InChI is InChI=1S/C20H24O4S/c1-5-7-15-14-18(23-3)10-11-19(15)16-9-12-20(24-25(4,21)22)17(13-16)8-6-2/h6,9-14H,2,5,7-8H2,1,3-4H3. The fourth-order valence-corrected chi connectivity index (χ4v) is 3.25. The predicted molar refractivity (Wildman–Crippen MR) is 102 cm³/mol. The molecular weight excluding hydrogens is 336 g/mol. The molecule has 0 unspecified atom stereocenters. The molecule has 0 saturated heterocycles. The van der Waals surface area contributed by atoms with Gasteiger partial charge in [-0.05, 0) is 53.8 Å². The van der Waals surface area contributed by atoms with E-state index in [4.69, 9.17) is 8.92 Å². The third-order valence-electron chi connectivity index (χ3n) is 3.81. The molecule has 0 heterocycles. The zero-order valence-corrected chi connectivity index (χ0v) is 15.7. The molecule has 0 radical (unpaired) electrons. The molecule has 0 atom stereocenters. The predicted octanol–water partition coefficient (Wildman–Crippen LogP) is 4.38. The third-order valence-corrected chi connectivity index (χ3v) is 4.29. The van der Waals surface area contributed by atoms with Gasteiger partial charge in [0.25, 0.3) is 0 Å². The van der Waals surface area contributed by atoms with E-state index < -0.39 is 10.1 Å². The molecule has 0 fully saturated rings. The van der Waals surface area contributed by atoms with E-state index in [9.17, 15) is 8.42 Å². The first kappa shape index (κ1) is 19.1. The second kappa shape index (κ2) is 8.21. The highest BCUT2D eigenvalue weighted by Crippen LogP contribution is 2.32. The number of ether oxygens (including phenoxy) is 1. The van der Waals surface area contributed by atoms with E-state index in [2.05, 4.69) is 13.5 Å². The molecule has 0 saturated carbocycles. The first-order chi connectivity index (χ1) is 11.9. The van der Waals surface area contributed by atoms with E-state index in [0.717, 1.165) is 41.5 Å². The van der Waals surface area contributed by atoms with Gasteiger partial charge in [-0.3, -0.25) is 0 Å². The van der Waals surface area contributed by atoms with Crippen LogP contribution in [0.15, 0.2) is 49.1 Å². The van der Waals surface area contributed by atoms with Crippen molar-refractivity contribution in [1.82, 2.24) is 0 Å². The molecule has 0 amide bonds. The molecule has 2 aromatic rings. The lowest BCUT2D eigenvalue weighted by Crippen LogP contribution is -2.07. The smallest absolute Gasteiger partial charge is 0.306 e. The minimum atomic E-state index is -3.57. The number of rotatable bonds is 8. The van der Waals surface area contributed by atoms with Gasteiger partial charge in [0, 0.05) is 5.56 Å². The van der Waals surface area contributed by atoms with Crippen LogP contribution in [0.1, 0.15) is 24.5 Å². The van der Waals surface area contributed by atoms with Crippen LogP contribution >= 0.6 is 0 Å². The van der Waals surface area contributed by atoms with E-state index in [1.54, 1.807) is 19.3 Å². The van der Waals surface area contributed by atoms with Gasteiger partial charge in [-0.15, -0.1) is 6.58 Å². The number of allylic oxidation sites excluding steroid dienone is 1. The van der Waals surface area contributed by atoms with Crippen molar-refractivity contribution in [2.45, 2.75) is 26.2 Å². The summed E-state index contributed by atoms with van der Waals surface area (Å²) in [6.07, 6.45) is 5.26. The normalized spacial score (nSPS) is 11.2. The van der Waals surface area contributed by atoms with Crippen molar-refractivity contribution in [3.05, 3.63) is 60.2 Å². The lowest BCUT2D eigenvalue weighted by atomic mass is 9.94. The number of hydrogen-bond acceptors (Lipinski definition) is 4. The Labute approximate surface area is 150 Å². The monoisotopic (exact) mass is 360 g/mol. The molecule has 0 bridgehead atoms. The second-order valence-corrected chi connectivity index (χ2v) is 7.45. The summed E-state index contributed by atoms with van der Waals surface area (Å²) < 4.78 is 33.3. The highest BCUT2D eigenvalue weighted by atomic mass is 32.2. The van der Waals surface area contributed by atoms with Crippen LogP contribution in [0.4, 0.5) is 0 Å². The van der Waals surface area contributed by atoms with Gasteiger partial charge in [0.1, 0.15) is 11.5 Å². The van der Waals surface area contributed by atoms with E-state index in [0.29, 0.717) is 12.2 Å². The Morgan fingerprint density at radius 2 is 1.88 bits per heavy atom. The van der Waals surface area contributed by atoms with Crippen LogP contribution < -0.4 is 8.92 Å². The third kappa shape index (κ3) is 5.10. The van der Waals surface area contributed by atoms with Crippen LogP contribution in [0, 0.1) is 0 Å². The van der Waals surface area contributed by atoms with E-state index in [1.807, 2.05) is 30.3 Å². The summed E-state index contributed by atoms with van der Waals surface area (Å²) in [5.74, 6) is 1.17. The fraction of sp³-hybridized carbons (Fsp3) is 0.300. The second-order valence-electron chi connectivity index (χ2n) is 5.88. The van der Waals surface area contributed by atoms with Crippen molar-refractivity contribution in [2.24, 2.45) is 0 Å². The molecule has 4 nitrogen and oxygen atoms in total. The van der Waals surface area contributed by atoms with Crippen LogP contribution in [0.5, 0.6) is 11.5 Å². The highest BCUT2D eigenvalue weighted by Gasteiger charge is 2.13. The summed E-state index contributed by atoms with van der Waals surface area (Å²) in [7, 11) is -1.92. The van der Waals surface area contributed by atoms with Crippen LogP contribution in [-0.4, -0.2) is 21.8 Å². The Morgan fingerprint density at radius 3 is 2.48 bits per heavy atom. The average molecular weight is 360 g/mol. The van der Waals surface area contributed by atoms with Gasteiger partial charge in [-0.2, -0.15) is 8.42 Å². The molecule has 2 rings (SSSR count). The number of aryl methyl sites for hydroxylation is 1. The van der Waals surface area contributed by atoms with Gasteiger partial charge in [0.2, 0.25) is 0 Å². The zero-order valence-electron chi connectivity index (χ0n) is 14.9. The van der Waals surface area contributed by atoms with Gasteiger partial charge in [-0.1, -0.05) is 31.6 Å². The summed E-state index contributed by atoms with van der Waals surface area (Å²) >= 11 is 0. The van der Waals surface area contributed by atoms with E-state index in [-0.39, 0.29) is 0 Å². The molecule has 2 aromatic carbocycles. The Hall–Kier alpha value is -2.27. The minimum absolute atomic E-state index is 0.344. The molecule has 0 aromatic heterocycles. The van der Waals surface area contributed by atoms with Gasteiger partial charge in [-0.25, -0.2) is 0 Å². The van der Waals surface area contributed by atoms with Crippen molar-refractivity contribution in [3.8, 4) is 22.6 Å². The van der Waals surface area contributed by atoms with E-state index in [1.165, 1.54) is 5.56 Å². The molecule has 0 spiro atoms. The van der Waals surface area contributed by atoms with Crippen LogP contribution in [0.2, 0.25) is 0 Å². The quantitative estimate of drug-likeness (QED) is 0.518. The van der Waals surface area contributed by atoms with E-state index >= 15 is 0 Å². The zero-order chi connectivity index (χ0) is 18.4. The summed E-state index contributed by atoms with van der Waals surface area (Å²) in [6, 6.07) is 11.6. The molecule has 0 aliphatic carbocycles. The average Bonchev–Trinajstić information content (AvgIpc) is 2.56. The minimum Gasteiger partial charge on any atom is -0.497 e. The van der Waals surface area contributed by atoms with Crippen molar-refractivity contribution >= 4 is 10.1 Å². The Morgan fingerprint density at radius 1 is 1.12 bits per heavy atom. The molecule has 0 N–H and O–H groups in total. The van der Waals surface area contributed by atoms with Gasteiger partial charge in [0.15, 0.2) is 0 Å². The Bertz CT molecular complexity index is 854. The highest BCUT2D eigenvalue weighted by molar-refractivity contribution is 7.86. The van der Waals surface area contributed by atoms with Crippen LogP contribution in [0.3, 0.4) is 0 Å². The van der Waals surface area contributed by atoms with Crippen molar-refractivity contribution in [2.75, 3.05) is 13.4 Å². The summed E-state index contributed by atoms with van der Waals surface area (Å²) in [5.41, 5.74) is 4.11. The van der Waals surface area contributed by atoms with Crippen molar-refractivity contribution in [1.29, 1.82) is 0 Å². The fourth-order valence-electron chi connectivity index (χ4n) is 2.76. The first-order valence-electron chi connectivity index (χ1n) is 8.18. The lowest BCUT2D eigenvalue weighted by Gasteiger charge is -2.14. The van der Waals surface area contributed by atoms with Crippen molar-refractivity contribution in [3.63, 3.8) is 0 Å². The maximum absolute atomic E-state index is 11.5. The lowest BCUT2D eigenvalue weighted by molar-refractivity contribution is 0.414. The van der Waals surface area contributed by atoms with Crippen LogP contribution in [0.25, 0.3) is 11.1 Å². The number of methoxy groups -OCH3 is 1. The summed E-state index contributed by atoms with van der Waals surface area (Å²) in [4.78, 5) is 0. The largest absolute Gasteiger partial charge is 0.497 e. The van der Waals surface area contributed by atoms with Gasteiger partial charge >= 0.3 is 10.1 Å². The first-order valence-corrected chi connectivity index (χ1v) is 10.00. The number of benzene rings is 2. The van der Waals surface area contributed by atoms with Crippen molar-refractivity contribution < 1.29 is 17.3 Å². The molecule has 0 aliphatic rings. The summed E-state index contributed by atoms with van der Waals surface area (Å²) in [6.45, 7) is 5.88. The maximum atomic E-state index is 11.5. The van der Waals surface area contributed by atoms with Gasteiger partial charge in [0.05, 0.1) is 13.4 Å². The summed E-state index contributed by atoms with van der Waals surface area (Å²) in [5, 5.41) is 0. The molecule has 134 valence electrons. The topological polar surface area (TPSA) is 52.6 Å². The number of hydrogen-bond donors (Lipinski definition) is 0. The Balaban J connectivity index is 2.52. The molecule has 25 heavy (non-hydrogen) atoms. The molecule has 5 heteroatoms.